The van der Waals surface area contributed by atoms with E-state index < -0.39 is 13.9 Å². The highest BCUT2D eigenvalue weighted by atomic mass is 28.4. The van der Waals surface area contributed by atoms with E-state index in [0.717, 1.165) is 31.6 Å². The first-order valence-corrected chi connectivity index (χ1v) is 12.1. The first-order valence-electron chi connectivity index (χ1n) is 9.15. The zero-order chi connectivity index (χ0) is 19.3. The van der Waals surface area contributed by atoms with Gasteiger partial charge in [-0.05, 0) is 70.3 Å². The second-order valence-corrected chi connectivity index (χ2v) is 13.9. The summed E-state index contributed by atoms with van der Waals surface area (Å²) in [6.45, 7) is 17.7. The van der Waals surface area contributed by atoms with E-state index in [-0.39, 0.29) is 11.0 Å². The van der Waals surface area contributed by atoms with Crippen molar-refractivity contribution >= 4 is 14.3 Å². The smallest absolute Gasteiger partial charge is 0.357 e. The molecule has 0 atom stereocenters. The summed E-state index contributed by atoms with van der Waals surface area (Å²) in [6, 6.07) is 5.54. The van der Waals surface area contributed by atoms with Gasteiger partial charge in [0.15, 0.2) is 8.32 Å². The second-order valence-electron chi connectivity index (χ2n) is 9.08. The van der Waals surface area contributed by atoms with Gasteiger partial charge in [0.1, 0.15) is 11.3 Å². The van der Waals surface area contributed by atoms with Crippen molar-refractivity contribution in [2.75, 3.05) is 6.61 Å². The van der Waals surface area contributed by atoms with Crippen LogP contribution < -0.4 is 0 Å². The van der Waals surface area contributed by atoms with Crippen LogP contribution in [0.3, 0.4) is 0 Å². The fraction of sp³-hybridized carbons (Fsp3) is 0.700. The Bertz CT molecular complexity index is 571. The number of pyridine rings is 1. The first kappa shape index (κ1) is 21.8. The predicted octanol–water partition coefficient (Wildman–Crippen LogP) is 5.38. The number of hydrogen-bond donors (Lipinski definition) is 0. The molecular weight excluding hydrogens is 330 g/mol. The van der Waals surface area contributed by atoms with E-state index in [9.17, 15) is 4.79 Å². The maximum absolute atomic E-state index is 12.1. The van der Waals surface area contributed by atoms with Crippen LogP contribution in [0.15, 0.2) is 18.2 Å². The molecule has 25 heavy (non-hydrogen) atoms. The third-order valence-corrected chi connectivity index (χ3v) is 9.05. The summed E-state index contributed by atoms with van der Waals surface area (Å²) in [7, 11) is -1.66. The molecule has 142 valence electrons. The highest BCUT2D eigenvalue weighted by Gasteiger charge is 2.36. The number of unbranched alkanes of at least 4 members (excludes halogenated alkanes) is 1. The lowest BCUT2D eigenvalue weighted by atomic mass is 10.1. The van der Waals surface area contributed by atoms with Gasteiger partial charge in [-0.25, -0.2) is 9.78 Å². The van der Waals surface area contributed by atoms with Crippen molar-refractivity contribution < 1.29 is 14.0 Å². The minimum absolute atomic E-state index is 0.246. The Morgan fingerprint density at radius 3 is 2.28 bits per heavy atom. The number of hydrogen-bond acceptors (Lipinski definition) is 4. The van der Waals surface area contributed by atoms with Crippen LogP contribution in [0.25, 0.3) is 0 Å². The van der Waals surface area contributed by atoms with Crippen LogP contribution in [0.1, 0.15) is 70.6 Å². The highest BCUT2D eigenvalue weighted by Crippen LogP contribution is 2.36. The van der Waals surface area contributed by atoms with Crippen LogP contribution in [0.4, 0.5) is 0 Å². The maximum Gasteiger partial charge on any atom is 0.357 e. The molecule has 1 rings (SSSR count). The molecule has 0 amide bonds. The molecule has 0 bridgehead atoms. The van der Waals surface area contributed by atoms with E-state index in [2.05, 4.69) is 38.8 Å². The van der Waals surface area contributed by atoms with E-state index in [0.29, 0.717) is 5.69 Å². The molecule has 0 fully saturated rings. The number of carbonyl (C=O) groups excluding carboxylic acids is 1. The molecule has 4 nitrogen and oxygen atoms in total. The minimum Gasteiger partial charge on any atom is -0.455 e. The summed E-state index contributed by atoms with van der Waals surface area (Å²) >= 11 is 0. The van der Waals surface area contributed by atoms with E-state index >= 15 is 0 Å². The van der Waals surface area contributed by atoms with Gasteiger partial charge in [-0.2, -0.15) is 0 Å². The second kappa shape index (κ2) is 8.45. The number of rotatable bonds is 7. The fourth-order valence-electron chi connectivity index (χ4n) is 2.01. The van der Waals surface area contributed by atoms with Gasteiger partial charge < -0.3 is 9.16 Å². The van der Waals surface area contributed by atoms with Crippen molar-refractivity contribution in [3.8, 4) is 0 Å². The van der Waals surface area contributed by atoms with Crippen LogP contribution in [0.5, 0.6) is 0 Å². The molecule has 1 aromatic heterocycles. The molecule has 0 saturated heterocycles. The van der Waals surface area contributed by atoms with Crippen LogP contribution >= 0.6 is 0 Å². The SMILES string of the molecule is CC(C)(C)OC(=O)c1cccc(CCCCO[Si](C)(C)C(C)(C)C)n1. The van der Waals surface area contributed by atoms with Gasteiger partial charge in [0.2, 0.25) is 0 Å². The molecule has 0 radical (unpaired) electrons. The molecular formula is C20H35NO3Si. The van der Waals surface area contributed by atoms with Crippen LogP contribution in [-0.2, 0) is 15.6 Å². The predicted molar refractivity (Wildman–Crippen MR) is 105 cm³/mol. The van der Waals surface area contributed by atoms with Crippen molar-refractivity contribution in [1.29, 1.82) is 0 Å². The topological polar surface area (TPSA) is 48.4 Å². The summed E-state index contributed by atoms with van der Waals surface area (Å²) < 4.78 is 11.6. The molecule has 0 aliphatic rings. The number of carbonyl (C=O) groups is 1. The molecule has 1 heterocycles. The number of aromatic nitrogens is 1. The molecule has 0 aliphatic carbocycles. The molecule has 0 aromatic carbocycles. The average Bonchev–Trinajstić information content (AvgIpc) is 2.44. The average molecular weight is 366 g/mol. The lowest BCUT2D eigenvalue weighted by molar-refractivity contribution is 0.00625. The Labute approximate surface area is 154 Å². The third kappa shape index (κ3) is 7.69. The molecule has 0 unspecified atom stereocenters. The van der Waals surface area contributed by atoms with E-state index in [1.807, 2.05) is 32.9 Å². The maximum atomic E-state index is 12.1. The summed E-state index contributed by atoms with van der Waals surface area (Å²) in [4.78, 5) is 16.5. The number of ether oxygens (including phenoxy) is 1. The third-order valence-electron chi connectivity index (χ3n) is 4.51. The number of esters is 1. The van der Waals surface area contributed by atoms with Gasteiger partial charge in [0.25, 0.3) is 0 Å². The quantitative estimate of drug-likeness (QED) is 0.370. The van der Waals surface area contributed by atoms with E-state index in [1.54, 1.807) is 6.07 Å². The molecule has 5 heteroatoms. The monoisotopic (exact) mass is 365 g/mol. The molecule has 0 spiro atoms. The molecule has 0 aliphatic heterocycles. The molecule has 1 aromatic rings. The lowest BCUT2D eigenvalue weighted by Crippen LogP contribution is -2.40. The number of aryl methyl sites for hydroxylation is 1. The summed E-state index contributed by atoms with van der Waals surface area (Å²) in [5, 5.41) is 0.246. The summed E-state index contributed by atoms with van der Waals surface area (Å²) in [5.41, 5.74) is 0.802. The van der Waals surface area contributed by atoms with Gasteiger partial charge in [-0.3, -0.25) is 0 Å². The Morgan fingerprint density at radius 2 is 1.72 bits per heavy atom. The molecule has 0 saturated carbocycles. The van der Waals surface area contributed by atoms with Gasteiger partial charge in [-0.1, -0.05) is 26.8 Å². The van der Waals surface area contributed by atoms with Crippen molar-refractivity contribution in [2.45, 2.75) is 84.5 Å². The summed E-state index contributed by atoms with van der Waals surface area (Å²) in [6.07, 6.45) is 2.85. The van der Waals surface area contributed by atoms with Crippen LogP contribution in [0, 0.1) is 0 Å². The van der Waals surface area contributed by atoms with Crippen molar-refractivity contribution in [3.63, 3.8) is 0 Å². The first-order chi connectivity index (χ1) is 11.3. The Kier molecular flexibility index (Phi) is 7.38. The lowest BCUT2D eigenvalue weighted by Gasteiger charge is -2.36. The van der Waals surface area contributed by atoms with Crippen LogP contribution in [0.2, 0.25) is 18.1 Å². The van der Waals surface area contributed by atoms with Gasteiger partial charge >= 0.3 is 5.97 Å². The largest absolute Gasteiger partial charge is 0.455 e. The zero-order valence-corrected chi connectivity index (χ0v) is 18.2. The Morgan fingerprint density at radius 1 is 1.08 bits per heavy atom. The van der Waals surface area contributed by atoms with Crippen molar-refractivity contribution in [1.82, 2.24) is 4.98 Å². The van der Waals surface area contributed by atoms with Crippen molar-refractivity contribution in [3.05, 3.63) is 29.6 Å². The van der Waals surface area contributed by atoms with Crippen molar-refractivity contribution in [2.24, 2.45) is 0 Å². The number of nitrogens with zero attached hydrogens (tertiary/aromatic N) is 1. The van der Waals surface area contributed by atoms with E-state index in [4.69, 9.17) is 9.16 Å². The minimum atomic E-state index is -1.66. The van der Waals surface area contributed by atoms with E-state index in [1.165, 1.54) is 0 Å². The zero-order valence-electron chi connectivity index (χ0n) is 17.2. The van der Waals surface area contributed by atoms with Gasteiger partial charge in [0, 0.05) is 12.3 Å². The standard InChI is InChI=1S/C20H35NO3Si/c1-19(2,3)24-18(22)17-14-11-13-16(21-17)12-9-10-15-23-25(7,8)20(4,5)6/h11,13-14H,9-10,12,15H2,1-8H3. The van der Waals surface area contributed by atoms with Gasteiger partial charge in [0.05, 0.1) is 0 Å². The summed E-state index contributed by atoms with van der Waals surface area (Å²) in [5.74, 6) is -0.365. The normalized spacial score (nSPS) is 13.0. The highest BCUT2D eigenvalue weighted by molar-refractivity contribution is 6.74. The Balaban J connectivity index is 2.46. The van der Waals surface area contributed by atoms with Gasteiger partial charge in [-0.15, -0.1) is 0 Å². The Hall–Kier alpha value is -1.20. The fourth-order valence-corrected chi connectivity index (χ4v) is 3.10. The van der Waals surface area contributed by atoms with Crippen LogP contribution in [-0.4, -0.2) is 31.5 Å². The molecule has 0 N–H and O–H groups in total.